The number of amides is 2. The second-order valence-corrected chi connectivity index (χ2v) is 5.34. The highest BCUT2D eigenvalue weighted by atomic mass is 16.5. The number of carboxylic acids is 1. The van der Waals surface area contributed by atoms with E-state index in [0.717, 1.165) is 0 Å². The molecule has 0 aromatic rings. The maximum absolute atomic E-state index is 12.2. The van der Waals surface area contributed by atoms with E-state index in [1.807, 2.05) is 6.92 Å². The molecule has 1 rings (SSSR count). The third-order valence-corrected chi connectivity index (χ3v) is 3.80. The standard InChI is InChI=1S/C14H24N2O5/c1-4-11(21-3)13(18)15(2)9-12(17)16-7-5-6-10(8-16)14(19)20/h10-11H,4-9H2,1-3H3,(H,19,20). The Bertz CT molecular complexity index is 395. The van der Waals surface area contributed by atoms with Crippen LogP contribution in [0.25, 0.3) is 0 Å². The summed E-state index contributed by atoms with van der Waals surface area (Å²) in [6.07, 6.45) is 1.26. The molecule has 1 saturated heterocycles. The largest absolute Gasteiger partial charge is 0.481 e. The van der Waals surface area contributed by atoms with E-state index in [-0.39, 0.29) is 24.9 Å². The number of ether oxygens (including phenoxy) is 1. The number of aliphatic carboxylic acids is 1. The van der Waals surface area contributed by atoms with Crippen LogP contribution in [0, 0.1) is 5.92 Å². The second kappa shape index (κ2) is 7.97. The zero-order valence-corrected chi connectivity index (χ0v) is 12.9. The molecule has 1 heterocycles. The van der Waals surface area contributed by atoms with Gasteiger partial charge in [-0.15, -0.1) is 0 Å². The smallest absolute Gasteiger partial charge is 0.308 e. The van der Waals surface area contributed by atoms with Gasteiger partial charge in [-0.2, -0.15) is 0 Å². The van der Waals surface area contributed by atoms with Crippen molar-refractivity contribution < 1.29 is 24.2 Å². The molecule has 2 amide bonds. The molecule has 120 valence electrons. The molecule has 21 heavy (non-hydrogen) atoms. The molecule has 0 spiro atoms. The van der Waals surface area contributed by atoms with Crippen molar-refractivity contribution in [1.82, 2.24) is 9.80 Å². The van der Waals surface area contributed by atoms with Crippen LogP contribution in [0.3, 0.4) is 0 Å². The van der Waals surface area contributed by atoms with Gasteiger partial charge in [-0.1, -0.05) is 6.92 Å². The van der Waals surface area contributed by atoms with E-state index in [4.69, 9.17) is 9.84 Å². The average Bonchev–Trinajstić information content (AvgIpc) is 2.48. The number of hydrogen-bond acceptors (Lipinski definition) is 4. The number of methoxy groups -OCH3 is 1. The Morgan fingerprint density at radius 2 is 2.10 bits per heavy atom. The van der Waals surface area contributed by atoms with E-state index in [1.165, 1.54) is 16.9 Å². The predicted molar refractivity (Wildman–Crippen MR) is 75.7 cm³/mol. The van der Waals surface area contributed by atoms with Gasteiger partial charge in [-0.3, -0.25) is 14.4 Å². The Morgan fingerprint density at radius 3 is 2.62 bits per heavy atom. The van der Waals surface area contributed by atoms with Crippen LogP contribution in [-0.2, 0) is 19.1 Å². The van der Waals surface area contributed by atoms with E-state index >= 15 is 0 Å². The highest BCUT2D eigenvalue weighted by Gasteiger charge is 2.29. The number of hydrogen-bond donors (Lipinski definition) is 1. The summed E-state index contributed by atoms with van der Waals surface area (Å²) < 4.78 is 5.06. The van der Waals surface area contributed by atoms with Crippen LogP contribution in [0.5, 0.6) is 0 Å². The van der Waals surface area contributed by atoms with Crippen LogP contribution in [-0.4, -0.2) is 72.6 Å². The Balaban J connectivity index is 2.55. The van der Waals surface area contributed by atoms with Gasteiger partial charge in [-0.25, -0.2) is 0 Å². The van der Waals surface area contributed by atoms with Gasteiger partial charge in [0.1, 0.15) is 6.10 Å². The number of likely N-dealkylation sites (tertiary alicyclic amines) is 1. The Hall–Kier alpha value is -1.63. The minimum absolute atomic E-state index is 0.0506. The topological polar surface area (TPSA) is 87.2 Å². The second-order valence-electron chi connectivity index (χ2n) is 5.34. The molecule has 0 aliphatic carbocycles. The fourth-order valence-electron chi connectivity index (χ4n) is 2.47. The lowest BCUT2D eigenvalue weighted by atomic mass is 9.98. The summed E-state index contributed by atoms with van der Waals surface area (Å²) in [5, 5.41) is 9.03. The van der Waals surface area contributed by atoms with Crippen molar-refractivity contribution in [3.8, 4) is 0 Å². The molecule has 0 saturated carbocycles. The van der Waals surface area contributed by atoms with Crippen molar-refractivity contribution in [3.63, 3.8) is 0 Å². The number of likely N-dealkylation sites (N-methyl/N-ethyl adjacent to an activating group) is 1. The van der Waals surface area contributed by atoms with Gasteiger partial charge in [0.05, 0.1) is 12.5 Å². The molecule has 7 nitrogen and oxygen atoms in total. The quantitative estimate of drug-likeness (QED) is 0.757. The van der Waals surface area contributed by atoms with Crippen LogP contribution in [0.1, 0.15) is 26.2 Å². The Labute approximate surface area is 124 Å². The van der Waals surface area contributed by atoms with E-state index in [0.29, 0.717) is 25.8 Å². The minimum Gasteiger partial charge on any atom is -0.481 e. The first kappa shape index (κ1) is 17.4. The molecule has 1 fully saturated rings. The van der Waals surface area contributed by atoms with Gasteiger partial charge in [-0.05, 0) is 19.3 Å². The summed E-state index contributed by atoms with van der Waals surface area (Å²) in [7, 11) is 3.02. The van der Waals surface area contributed by atoms with Gasteiger partial charge >= 0.3 is 5.97 Å². The van der Waals surface area contributed by atoms with Gasteiger partial charge in [0.15, 0.2) is 0 Å². The fourth-order valence-corrected chi connectivity index (χ4v) is 2.47. The number of carboxylic acid groups (broad SMARTS) is 1. The van der Waals surface area contributed by atoms with Crippen LogP contribution in [0.2, 0.25) is 0 Å². The fraction of sp³-hybridized carbons (Fsp3) is 0.786. The van der Waals surface area contributed by atoms with Crippen molar-refractivity contribution in [2.75, 3.05) is 33.8 Å². The van der Waals surface area contributed by atoms with Gasteiger partial charge < -0.3 is 19.6 Å². The summed E-state index contributed by atoms with van der Waals surface area (Å²) in [4.78, 5) is 38.1. The molecule has 2 atom stereocenters. The lowest BCUT2D eigenvalue weighted by Crippen LogP contribution is -2.48. The van der Waals surface area contributed by atoms with Gasteiger partial charge in [0.2, 0.25) is 5.91 Å². The Morgan fingerprint density at radius 1 is 1.43 bits per heavy atom. The van der Waals surface area contributed by atoms with Crippen LogP contribution in [0.15, 0.2) is 0 Å². The van der Waals surface area contributed by atoms with Crippen LogP contribution >= 0.6 is 0 Å². The van der Waals surface area contributed by atoms with Crippen LogP contribution < -0.4 is 0 Å². The van der Waals surface area contributed by atoms with E-state index in [2.05, 4.69) is 0 Å². The lowest BCUT2D eigenvalue weighted by Gasteiger charge is -2.32. The normalized spacial score (nSPS) is 20.0. The van der Waals surface area contributed by atoms with Crippen molar-refractivity contribution in [3.05, 3.63) is 0 Å². The van der Waals surface area contributed by atoms with Gasteiger partial charge in [0, 0.05) is 27.2 Å². The molecular weight excluding hydrogens is 276 g/mol. The van der Waals surface area contributed by atoms with Gasteiger partial charge in [0.25, 0.3) is 5.91 Å². The summed E-state index contributed by atoms with van der Waals surface area (Å²) in [6, 6.07) is 0. The van der Waals surface area contributed by atoms with Crippen LogP contribution in [0.4, 0.5) is 0 Å². The van der Waals surface area contributed by atoms with E-state index < -0.39 is 18.0 Å². The molecule has 7 heteroatoms. The third kappa shape index (κ3) is 4.70. The lowest BCUT2D eigenvalue weighted by molar-refractivity contribution is -0.149. The first-order chi connectivity index (χ1) is 9.90. The molecule has 0 radical (unpaired) electrons. The number of piperidine rings is 1. The zero-order valence-electron chi connectivity index (χ0n) is 12.9. The molecule has 2 unspecified atom stereocenters. The third-order valence-electron chi connectivity index (χ3n) is 3.80. The molecule has 0 bridgehead atoms. The molecule has 1 aliphatic rings. The highest BCUT2D eigenvalue weighted by molar-refractivity contribution is 5.87. The maximum Gasteiger partial charge on any atom is 0.308 e. The Kier molecular flexibility index (Phi) is 6.61. The first-order valence-corrected chi connectivity index (χ1v) is 7.19. The van der Waals surface area contributed by atoms with Crippen molar-refractivity contribution >= 4 is 17.8 Å². The summed E-state index contributed by atoms with van der Waals surface area (Å²) in [5.74, 6) is -1.84. The monoisotopic (exact) mass is 300 g/mol. The molecule has 1 aliphatic heterocycles. The molecule has 0 aromatic carbocycles. The van der Waals surface area contributed by atoms with Crippen molar-refractivity contribution in [2.45, 2.75) is 32.3 Å². The molecule has 1 N–H and O–H groups in total. The van der Waals surface area contributed by atoms with Crippen molar-refractivity contribution in [1.29, 1.82) is 0 Å². The molecular formula is C14H24N2O5. The van der Waals surface area contributed by atoms with E-state index in [1.54, 1.807) is 7.05 Å². The van der Waals surface area contributed by atoms with Crippen molar-refractivity contribution in [2.24, 2.45) is 5.92 Å². The molecule has 0 aromatic heterocycles. The SMILES string of the molecule is CCC(OC)C(=O)N(C)CC(=O)N1CCCC(C(=O)O)C1. The summed E-state index contributed by atoms with van der Waals surface area (Å²) in [5.41, 5.74) is 0. The number of nitrogens with zero attached hydrogens (tertiary/aromatic N) is 2. The maximum atomic E-state index is 12.2. The number of carbonyl (C=O) groups is 3. The summed E-state index contributed by atoms with van der Waals surface area (Å²) >= 11 is 0. The summed E-state index contributed by atoms with van der Waals surface area (Å²) in [6.45, 7) is 2.55. The average molecular weight is 300 g/mol. The predicted octanol–water partition coefficient (Wildman–Crippen LogP) is 0.193. The van der Waals surface area contributed by atoms with E-state index in [9.17, 15) is 14.4 Å². The number of carbonyl (C=O) groups excluding carboxylic acids is 2. The highest BCUT2D eigenvalue weighted by Crippen LogP contribution is 2.17. The minimum atomic E-state index is -0.873. The first-order valence-electron chi connectivity index (χ1n) is 7.19. The number of rotatable bonds is 6. The zero-order chi connectivity index (χ0) is 16.0.